The lowest BCUT2D eigenvalue weighted by molar-refractivity contribution is -0.116. The van der Waals surface area contributed by atoms with Gasteiger partial charge in [0.2, 0.25) is 12.7 Å². The Morgan fingerprint density at radius 3 is 2.85 bits per heavy atom. The first-order chi connectivity index (χ1) is 12.7. The van der Waals surface area contributed by atoms with Crippen molar-refractivity contribution < 1.29 is 19.0 Å². The van der Waals surface area contributed by atoms with Gasteiger partial charge in [0, 0.05) is 17.3 Å². The topological polar surface area (TPSA) is 48.0 Å². The van der Waals surface area contributed by atoms with Gasteiger partial charge in [0.15, 0.2) is 11.5 Å². The van der Waals surface area contributed by atoms with Crippen LogP contribution < -0.4 is 19.1 Å². The third-order valence-corrected chi connectivity index (χ3v) is 4.18. The van der Waals surface area contributed by atoms with Crippen molar-refractivity contribution in [3.05, 3.63) is 60.2 Å². The Morgan fingerprint density at radius 2 is 2.04 bits per heavy atom. The number of halogens is 1. The minimum Gasteiger partial charge on any atom is -0.489 e. The van der Waals surface area contributed by atoms with Gasteiger partial charge >= 0.3 is 0 Å². The van der Waals surface area contributed by atoms with Gasteiger partial charge in [-0.25, -0.2) is 0 Å². The quantitative estimate of drug-likeness (QED) is 0.540. The highest BCUT2D eigenvalue weighted by atomic mass is 35.5. The van der Waals surface area contributed by atoms with Crippen molar-refractivity contribution in [3.8, 4) is 17.2 Å². The molecular formula is C20H20ClNO4. The van der Waals surface area contributed by atoms with Crippen molar-refractivity contribution in [1.29, 1.82) is 0 Å². The van der Waals surface area contributed by atoms with Gasteiger partial charge in [0.25, 0.3) is 0 Å². The molecule has 1 aliphatic rings. The van der Waals surface area contributed by atoms with E-state index in [1.807, 2.05) is 49.4 Å². The Balaban J connectivity index is 1.87. The normalized spacial score (nSPS) is 12.4. The molecule has 0 unspecified atom stereocenters. The van der Waals surface area contributed by atoms with Gasteiger partial charge in [-0.1, -0.05) is 30.4 Å². The number of carbonyl (C=O) groups is 1. The number of anilines is 1. The number of benzene rings is 2. The van der Waals surface area contributed by atoms with E-state index in [2.05, 4.69) is 0 Å². The molecule has 0 fully saturated rings. The molecule has 1 amide bonds. The SMILES string of the molecule is C/C=C/COc1ccccc1CN(C(=O)CCl)c1ccc2c(c1)OCO2. The van der Waals surface area contributed by atoms with Crippen molar-refractivity contribution in [2.45, 2.75) is 13.5 Å². The number of fused-ring (bicyclic) bond motifs is 1. The van der Waals surface area contributed by atoms with Crippen LogP contribution in [0.15, 0.2) is 54.6 Å². The fourth-order valence-corrected chi connectivity index (χ4v) is 2.77. The molecule has 0 saturated carbocycles. The summed E-state index contributed by atoms with van der Waals surface area (Å²) in [6.45, 7) is 2.94. The molecule has 26 heavy (non-hydrogen) atoms. The van der Waals surface area contributed by atoms with E-state index in [0.29, 0.717) is 30.3 Å². The highest BCUT2D eigenvalue weighted by molar-refractivity contribution is 6.29. The maximum absolute atomic E-state index is 12.5. The first kappa shape index (κ1) is 18.1. The molecule has 0 radical (unpaired) electrons. The number of hydrogen-bond donors (Lipinski definition) is 0. The van der Waals surface area contributed by atoms with E-state index in [0.717, 1.165) is 11.3 Å². The molecule has 2 aromatic rings. The van der Waals surface area contributed by atoms with Crippen molar-refractivity contribution in [3.63, 3.8) is 0 Å². The number of alkyl halides is 1. The Hall–Kier alpha value is -2.66. The fraction of sp³-hybridized carbons (Fsp3) is 0.250. The van der Waals surface area contributed by atoms with Crippen LogP contribution in [0.4, 0.5) is 5.69 Å². The van der Waals surface area contributed by atoms with Gasteiger partial charge in [-0.15, -0.1) is 11.6 Å². The lowest BCUT2D eigenvalue weighted by Crippen LogP contribution is -2.31. The number of allylic oxidation sites excluding steroid dienone is 1. The van der Waals surface area contributed by atoms with Crippen molar-refractivity contribution in [2.24, 2.45) is 0 Å². The Morgan fingerprint density at radius 1 is 1.23 bits per heavy atom. The van der Waals surface area contributed by atoms with Gasteiger partial charge in [-0.2, -0.15) is 0 Å². The van der Waals surface area contributed by atoms with Crippen LogP contribution in [0.2, 0.25) is 0 Å². The molecule has 0 atom stereocenters. The zero-order valence-corrected chi connectivity index (χ0v) is 15.2. The molecule has 0 saturated heterocycles. The Bertz CT molecular complexity index is 806. The molecule has 2 aromatic carbocycles. The minimum atomic E-state index is -0.200. The predicted molar refractivity (Wildman–Crippen MR) is 101 cm³/mol. The molecular weight excluding hydrogens is 354 g/mol. The summed E-state index contributed by atoms with van der Waals surface area (Å²) < 4.78 is 16.5. The van der Waals surface area contributed by atoms with Crippen LogP contribution in [0.25, 0.3) is 0 Å². The number of nitrogens with zero attached hydrogens (tertiary/aromatic N) is 1. The zero-order chi connectivity index (χ0) is 18.4. The molecule has 0 spiro atoms. The molecule has 0 N–H and O–H groups in total. The summed E-state index contributed by atoms with van der Waals surface area (Å²) in [6.07, 6.45) is 3.86. The van der Waals surface area contributed by atoms with Gasteiger partial charge in [0.1, 0.15) is 18.2 Å². The lowest BCUT2D eigenvalue weighted by atomic mass is 10.1. The second-order valence-electron chi connectivity index (χ2n) is 5.64. The molecule has 6 heteroatoms. The van der Waals surface area contributed by atoms with Crippen molar-refractivity contribution >= 4 is 23.2 Å². The molecule has 0 bridgehead atoms. The number of carbonyl (C=O) groups excluding carboxylic acids is 1. The highest BCUT2D eigenvalue weighted by Crippen LogP contribution is 2.36. The van der Waals surface area contributed by atoms with Gasteiger partial charge in [-0.05, 0) is 25.1 Å². The number of rotatable bonds is 7. The molecule has 1 aliphatic heterocycles. The molecule has 136 valence electrons. The van der Waals surface area contributed by atoms with Crippen LogP contribution >= 0.6 is 11.6 Å². The molecule has 1 heterocycles. The molecule has 3 rings (SSSR count). The van der Waals surface area contributed by atoms with Gasteiger partial charge in [0.05, 0.1) is 6.54 Å². The predicted octanol–water partition coefficient (Wildman–Crippen LogP) is 4.14. The van der Waals surface area contributed by atoms with E-state index in [9.17, 15) is 4.79 Å². The van der Waals surface area contributed by atoms with Crippen LogP contribution in [-0.2, 0) is 11.3 Å². The average Bonchev–Trinajstić information content (AvgIpc) is 3.14. The fourth-order valence-electron chi connectivity index (χ4n) is 2.63. The van der Waals surface area contributed by atoms with Crippen LogP contribution in [0, 0.1) is 0 Å². The summed E-state index contributed by atoms with van der Waals surface area (Å²) in [4.78, 5) is 14.1. The first-order valence-corrected chi connectivity index (χ1v) is 8.84. The van der Waals surface area contributed by atoms with E-state index < -0.39 is 0 Å². The van der Waals surface area contributed by atoms with Gasteiger partial charge < -0.3 is 19.1 Å². The maximum Gasteiger partial charge on any atom is 0.242 e. The Labute approximate surface area is 157 Å². The van der Waals surface area contributed by atoms with Gasteiger partial charge in [-0.3, -0.25) is 4.79 Å². The summed E-state index contributed by atoms with van der Waals surface area (Å²) in [6, 6.07) is 13.1. The van der Waals surface area contributed by atoms with E-state index >= 15 is 0 Å². The summed E-state index contributed by atoms with van der Waals surface area (Å²) in [7, 11) is 0. The van der Waals surface area contributed by atoms with Crippen LogP contribution in [0.5, 0.6) is 17.2 Å². The maximum atomic E-state index is 12.5. The van der Waals surface area contributed by atoms with Crippen LogP contribution in [-0.4, -0.2) is 25.2 Å². The summed E-state index contributed by atoms with van der Waals surface area (Å²) in [5, 5.41) is 0. The average molecular weight is 374 g/mol. The third kappa shape index (κ3) is 4.11. The van der Waals surface area contributed by atoms with E-state index in [4.69, 9.17) is 25.8 Å². The molecule has 5 nitrogen and oxygen atoms in total. The van der Waals surface area contributed by atoms with E-state index in [-0.39, 0.29) is 18.6 Å². The first-order valence-electron chi connectivity index (χ1n) is 8.30. The monoisotopic (exact) mass is 373 g/mol. The van der Waals surface area contributed by atoms with Crippen LogP contribution in [0.3, 0.4) is 0 Å². The second-order valence-corrected chi connectivity index (χ2v) is 5.91. The third-order valence-electron chi connectivity index (χ3n) is 3.96. The highest BCUT2D eigenvalue weighted by Gasteiger charge is 2.21. The Kier molecular flexibility index (Phi) is 6.02. The van der Waals surface area contributed by atoms with E-state index in [1.165, 1.54) is 0 Å². The van der Waals surface area contributed by atoms with Crippen molar-refractivity contribution in [2.75, 3.05) is 24.2 Å². The summed E-state index contributed by atoms with van der Waals surface area (Å²) in [5.41, 5.74) is 1.59. The number of para-hydroxylation sites is 1. The van der Waals surface area contributed by atoms with Crippen molar-refractivity contribution in [1.82, 2.24) is 0 Å². The summed E-state index contributed by atoms with van der Waals surface area (Å²) >= 11 is 5.83. The second kappa shape index (κ2) is 8.63. The van der Waals surface area contributed by atoms with Crippen LogP contribution in [0.1, 0.15) is 12.5 Å². The standard InChI is InChI=1S/C20H20ClNO4/c1-2-3-10-24-17-7-5-4-6-15(17)13-22(20(23)12-21)16-8-9-18-19(11-16)26-14-25-18/h2-9,11H,10,12-14H2,1H3/b3-2+. The zero-order valence-electron chi connectivity index (χ0n) is 14.5. The number of ether oxygens (including phenoxy) is 3. The minimum absolute atomic E-state index is 0.115. The largest absolute Gasteiger partial charge is 0.489 e. The summed E-state index contributed by atoms with van der Waals surface area (Å²) in [5.74, 6) is 1.71. The lowest BCUT2D eigenvalue weighted by Gasteiger charge is -2.23. The number of hydrogen-bond acceptors (Lipinski definition) is 4. The smallest absolute Gasteiger partial charge is 0.242 e. The number of amides is 1. The molecule has 0 aromatic heterocycles. The molecule has 0 aliphatic carbocycles. The van der Waals surface area contributed by atoms with E-state index in [1.54, 1.807) is 17.0 Å².